The van der Waals surface area contributed by atoms with Crippen LogP contribution in [0.1, 0.15) is 24.5 Å². The van der Waals surface area contributed by atoms with Gasteiger partial charge in [0.05, 0.1) is 17.7 Å². The maximum Gasteiger partial charge on any atom is 0.264 e. The first kappa shape index (κ1) is 27.7. The van der Waals surface area contributed by atoms with E-state index in [2.05, 4.69) is 5.32 Å². The van der Waals surface area contributed by atoms with Gasteiger partial charge in [-0.3, -0.25) is 13.9 Å². The number of ether oxygens (including phenoxy) is 1. The first-order chi connectivity index (χ1) is 17.7. The standard InChI is InChI=1S/C28H33N3O5S/c1-5-26(28(33)29-3)30(19-22-12-10-9-11-21(22)2)27(32)20-31(23-13-7-6-8-14-23)37(34,35)25-17-15-24(36-4)16-18-25/h6-18,26H,5,19-20H2,1-4H3,(H,29,33). The summed E-state index contributed by atoms with van der Waals surface area (Å²) in [5, 5.41) is 2.63. The largest absolute Gasteiger partial charge is 0.497 e. The molecule has 0 saturated heterocycles. The molecule has 196 valence electrons. The number of anilines is 1. The first-order valence-electron chi connectivity index (χ1n) is 12.0. The van der Waals surface area contributed by atoms with Crippen LogP contribution in [-0.2, 0) is 26.2 Å². The highest BCUT2D eigenvalue weighted by Crippen LogP contribution is 2.26. The molecule has 9 heteroatoms. The summed E-state index contributed by atoms with van der Waals surface area (Å²) in [6, 6.07) is 21.3. The van der Waals surface area contributed by atoms with Crippen LogP contribution in [0.3, 0.4) is 0 Å². The Morgan fingerprint density at radius 1 is 0.946 bits per heavy atom. The van der Waals surface area contributed by atoms with Gasteiger partial charge in [-0.05, 0) is 60.9 Å². The summed E-state index contributed by atoms with van der Waals surface area (Å²) in [7, 11) is -1.10. The van der Waals surface area contributed by atoms with E-state index >= 15 is 0 Å². The van der Waals surface area contributed by atoms with E-state index in [4.69, 9.17) is 4.74 Å². The Morgan fingerprint density at radius 3 is 2.14 bits per heavy atom. The molecule has 0 aromatic heterocycles. The van der Waals surface area contributed by atoms with Gasteiger partial charge in [0.15, 0.2) is 0 Å². The molecule has 0 aliphatic heterocycles. The fourth-order valence-corrected chi connectivity index (χ4v) is 5.47. The number of para-hydroxylation sites is 1. The lowest BCUT2D eigenvalue weighted by Gasteiger charge is -2.33. The zero-order valence-electron chi connectivity index (χ0n) is 21.5. The van der Waals surface area contributed by atoms with Crippen molar-refractivity contribution < 1.29 is 22.7 Å². The maximum absolute atomic E-state index is 13.9. The van der Waals surface area contributed by atoms with Crippen LogP contribution in [0.5, 0.6) is 5.75 Å². The molecule has 1 unspecified atom stereocenters. The lowest BCUT2D eigenvalue weighted by atomic mass is 10.1. The van der Waals surface area contributed by atoms with Crippen LogP contribution in [0.15, 0.2) is 83.8 Å². The minimum Gasteiger partial charge on any atom is -0.497 e. The predicted molar refractivity (Wildman–Crippen MR) is 144 cm³/mol. The summed E-state index contributed by atoms with van der Waals surface area (Å²) in [6.07, 6.45) is 0.369. The molecule has 37 heavy (non-hydrogen) atoms. The number of methoxy groups -OCH3 is 1. The molecule has 3 rings (SSSR count). The predicted octanol–water partition coefficient (Wildman–Crippen LogP) is 3.75. The lowest BCUT2D eigenvalue weighted by Crippen LogP contribution is -2.51. The average Bonchev–Trinajstić information content (AvgIpc) is 2.92. The van der Waals surface area contributed by atoms with Gasteiger partial charge in [-0.1, -0.05) is 49.4 Å². The van der Waals surface area contributed by atoms with Crippen LogP contribution in [-0.4, -0.2) is 51.9 Å². The molecule has 3 aromatic carbocycles. The molecular weight excluding hydrogens is 490 g/mol. The smallest absolute Gasteiger partial charge is 0.264 e. The van der Waals surface area contributed by atoms with E-state index in [9.17, 15) is 18.0 Å². The summed E-state index contributed by atoms with van der Waals surface area (Å²) in [4.78, 5) is 28.1. The van der Waals surface area contributed by atoms with Crippen LogP contribution >= 0.6 is 0 Å². The number of amides is 2. The molecule has 0 saturated carbocycles. The van der Waals surface area contributed by atoms with E-state index in [0.717, 1.165) is 15.4 Å². The normalized spacial score (nSPS) is 11.9. The Hall–Kier alpha value is -3.85. The van der Waals surface area contributed by atoms with Crippen molar-refractivity contribution in [1.82, 2.24) is 10.2 Å². The third kappa shape index (κ3) is 6.48. The topological polar surface area (TPSA) is 96.0 Å². The number of benzene rings is 3. The van der Waals surface area contributed by atoms with Gasteiger partial charge in [-0.25, -0.2) is 8.42 Å². The molecule has 3 aromatic rings. The van der Waals surface area contributed by atoms with E-state index < -0.39 is 28.5 Å². The van der Waals surface area contributed by atoms with Gasteiger partial charge >= 0.3 is 0 Å². The molecule has 0 aliphatic carbocycles. The number of hydrogen-bond acceptors (Lipinski definition) is 5. The summed E-state index contributed by atoms with van der Waals surface area (Å²) in [5.41, 5.74) is 2.19. The van der Waals surface area contributed by atoms with E-state index in [-0.39, 0.29) is 17.3 Å². The number of nitrogens with zero attached hydrogens (tertiary/aromatic N) is 2. The minimum atomic E-state index is -4.12. The zero-order chi connectivity index (χ0) is 27.0. The zero-order valence-corrected chi connectivity index (χ0v) is 22.4. The molecule has 0 heterocycles. The number of nitrogens with one attached hydrogen (secondary N) is 1. The molecule has 0 bridgehead atoms. The monoisotopic (exact) mass is 523 g/mol. The lowest BCUT2D eigenvalue weighted by molar-refractivity contribution is -0.140. The third-order valence-corrected chi connectivity index (χ3v) is 7.99. The fraction of sp³-hybridized carbons (Fsp3) is 0.286. The number of carbonyl (C=O) groups excluding carboxylic acids is 2. The molecule has 0 aliphatic rings. The average molecular weight is 524 g/mol. The molecule has 2 amide bonds. The van der Waals surface area contributed by atoms with Gasteiger partial charge < -0.3 is 15.0 Å². The summed E-state index contributed by atoms with van der Waals surface area (Å²) in [5.74, 6) is -0.282. The summed E-state index contributed by atoms with van der Waals surface area (Å²) in [6.45, 7) is 3.45. The van der Waals surface area contributed by atoms with Crippen LogP contribution in [0.4, 0.5) is 5.69 Å². The Balaban J connectivity index is 2.04. The van der Waals surface area contributed by atoms with Crippen LogP contribution in [0, 0.1) is 6.92 Å². The van der Waals surface area contributed by atoms with Crippen molar-refractivity contribution in [1.29, 1.82) is 0 Å². The molecule has 0 fully saturated rings. The van der Waals surface area contributed by atoms with Crippen molar-refractivity contribution in [3.8, 4) is 5.75 Å². The quantitative estimate of drug-likeness (QED) is 0.413. The van der Waals surface area contributed by atoms with Crippen LogP contribution in [0.2, 0.25) is 0 Å². The Bertz CT molecular complexity index is 1310. The van der Waals surface area contributed by atoms with Gasteiger partial charge in [0.25, 0.3) is 10.0 Å². The molecule has 1 N–H and O–H groups in total. The number of rotatable bonds is 11. The second kappa shape index (κ2) is 12.4. The fourth-order valence-electron chi connectivity index (χ4n) is 4.06. The number of sulfonamides is 1. The van der Waals surface area contributed by atoms with Crippen molar-refractivity contribution in [2.45, 2.75) is 37.8 Å². The van der Waals surface area contributed by atoms with Gasteiger partial charge in [-0.2, -0.15) is 0 Å². The second-order valence-corrected chi connectivity index (χ2v) is 10.4. The number of hydrogen-bond donors (Lipinski definition) is 1. The minimum absolute atomic E-state index is 0.0220. The van der Waals surface area contributed by atoms with Gasteiger partial charge in [-0.15, -0.1) is 0 Å². The van der Waals surface area contributed by atoms with Crippen molar-refractivity contribution in [3.05, 3.63) is 90.0 Å². The van der Waals surface area contributed by atoms with Crippen LogP contribution in [0.25, 0.3) is 0 Å². The highest BCUT2D eigenvalue weighted by Gasteiger charge is 2.33. The van der Waals surface area contributed by atoms with Crippen molar-refractivity contribution in [2.75, 3.05) is 25.0 Å². The van der Waals surface area contributed by atoms with Crippen molar-refractivity contribution in [3.63, 3.8) is 0 Å². The van der Waals surface area contributed by atoms with E-state index in [1.807, 2.05) is 38.1 Å². The number of likely N-dealkylation sites (N-methyl/N-ethyl adjacent to an activating group) is 1. The van der Waals surface area contributed by atoms with E-state index in [1.54, 1.807) is 42.5 Å². The number of aryl methyl sites for hydroxylation is 1. The highest BCUT2D eigenvalue weighted by atomic mass is 32.2. The van der Waals surface area contributed by atoms with Crippen molar-refractivity contribution in [2.24, 2.45) is 0 Å². The van der Waals surface area contributed by atoms with E-state index in [1.165, 1.54) is 31.2 Å². The molecule has 0 spiro atoms. The van der Waals surface area contributed by atoms with Gasteiger partial charge in [0.1, 0.15) is 18.3 Å². The molecule has 8 nitrogen and oxygen atoms in total. The molecule has 1 atom stereocenters. The van der Waals surface area contributed by atoms with Gasteiger partial charge in [0.2, 0.25) is 11.8 Å². The van der Waals surface area contributed by atoms with Crippen LogP contribution < -0.4 is 14.4 Å². The highest BCUT2D eigenvalue weighted by molar-refractivity contribution is 7.92. The molecule has 0 radical (unpaired) electrons. The van der Waals surface area contributed by atoms with Gasteiger partial charge in [0, 0.05) is 13.6 Å². The van der Waals surface area contributed by atoms with E-state index in [0.29, 0.717) is 17.9 Å². The third-order valence-electron chi connectivity index (χ3n) is 6.20. The Labute approximate surface area is 218 Å². The second-order valence-electron chi connectivity index (χ2n) is 8.51. The van der Waals surface area contributed by atoms with Crippen molar-refractivity contribution >= 4 is 27.5 Å². The number of carbonyl (C=O) groups is 2. The summed E-state index contributed by atoms with van der Waals surface area (Å²) < 4.78 is 33.8. The first-order valence-corrected chi connectivity index (χ1v) is 13.4. The Kier molecular flexibility index (Phi) is 9.30. The Morgan fingerprint density at radius 2 is 1.57 bits per heavy atom. The maximum atomic E-state index is 13.9. The summed E-state index contributed by atoms with van der Waals surface area (Å²) >= 11 is 0. The molecular formula is C28H33N3O5S. The SMILES string of the molecule is CCC(C(=O)NC)N(Cc1ccccc1C)C(=O)CN(c1ccccc1)S(=O)(=O)c1ccc(OC)cc1.